The van der Waals surface area contributed by atoms with Gasteiger partial charge in [0.15, 0.2) is 11.5 Å². The number of hydrogen-bond donors (Lipinski definition) is 1. The van der Waals surface area contributed by atoms with Crippen molar-refractivity contribution in [2.24, 2.45) is 0 Å². The van der Waals surface area contributed by atoms with Gasteiger partial charge in [-0.3, -0.25) is 4.79 Å². The third-order valence-electron chi connectivity index (χ3n) is 4.00. The Balaban J connectivity index is 1.89. The summed E-state index contributed by atoms with van der Waals surface area (Å²) in [7, 11) is 0. The Morgan fingerprint density at radius 2 is 2.14 bits per heavy atom. The summed E-state index contributed by atoms with van der Waals surface area (Å²) in [5, 5.41) is 3.01. The molecule has 0 atom stereocenters. The van der Waals surface area contributed by atoms with Gasteiger partial charge in [0, 0.05) is 17.5 Å². The molecule has 1 aromatic rings. The van der Waals surface area contributed by atoms with E-state index < -0.39 is 0 Å². The molecule has 122 valence electrons. The molecule has 1 heterocycles. The van der Waals surface area contributed by atoms with E-state index >= 15 is 0 Å². The highest BCUT2D eigenvalue weighted by atomic mass is 16.5. The molecule has 0 saturated heterocycles. The predicted molar refractivity (Wildman–Crippen MR) is 87.5 cm³/mol. The second-order valence-electron chi connectivity index (χ2n) is 7.17. The van der Waals surface area contributed by atoms with Crippen molar-refractivity contribution in [1.82, 2.24) is 5.32 Å². The molecule has 0 fully saturated rings. The number of ether oxygens (including phenoxy) is 2. The van der Waals surface area contributed by atoms with E-state index in [2.05, 4.69) is 32.2 Å². The quantitative estimate of drug-likeness (QED) is 0.875. The average Bonchev–Trinajstić information content (AvgIpc) is 2.73. The molecule has 0 aliphatic carbocycles. The molecular weight excluding hydrogens is 278 g/mol. The van der Waals surface area contributed by atoms with Gasteiger partial charge in [-0.1, -0.05) is 19.1 Å². The third-order valence-corrected chi connectivity index (χ3v) is 4.00. The molecule has 0 spiro atoms. The Hall–Kier alpha value is -1.71. The van der Waals surface area contributed by atoms with Crippen LogP contribution in [0.3, 0.4) is 0 Å². The fourth-order valence-electron chi connectivity index (χ4n) is 2.48. The maximum atomic E-state index is 11.9. The maximum Gasteiger partial charge on any atom is 0.223 e. The first-order valence-electron chi connectivity index (χ1n) is 7.97. The zero-order valence-electron chi connectivity index (χ0n) is 14.3. The van der Waals surface area contributed by atoms with Gasteiger partial charge in [0.25, 0.3) is 0 Å². The average molecular weight is 305 g/mol. The monoisotopic (exact) mass is 305 g/mol. The van der Waals surface area contributed by atoms with Crippen molar-refractivity contribution < 1.29 is 14.3 Å². The Bertz CT molecular complexity index is 549. The molecular formula is C18H27NO3. The van der Waals surface area contributed by atoms with Gasteiger partial charge in [-0.2, -0.15) is 0 Å². The first kappa shape index (κ1) is 16.7. The van der Waals surface area contributed by atoms with Crippen LogP contribution in [0.15, 0.2) is 18.2 Å². The Morgan fingerprint density at radius 1 is 1.41 bits per heavy atom. The van der Waals surface area contributed by atoms with Crippen LogP contribution in [0.25, 0.3) is 0 Å². The van der Waals surface area contributed by atoms with Crippen LogP contribution in [0, 0.1) is 0 Å². The summed E-state index contributed by atoms with van der Waals surface area (Å²) in [5.41, 5.74) is 0.807. The van der Waals surface area contributed by atoms with Crippen molar-refractivity contribution in [1.29, 1.82) is 0 Å². The van der Waals surface area contributed by atoms with Crippen molar-refractivity contribution in [3.63, 3.8) is 0 Å². The van der Waals surface area contributed by atoms with Gasteiger partial charge in [0.1, 0.15) is 5.60 Å². The Labute approximate surface area is 133 Å². The normalized spacial score (nSPS) is 15.9. The molecule has 1 amide bonds. The SMILES string of the molecule is CCC(C)(C)NC(=O)CCOc1cccc2c1OC(C)(C)C2. The van der Waals surface area contributed by atoms with E-state index in [1.807, 2.05) is 26.0 Å². The van der Waals surface area contributed by atoms with Crippen LogP contribution in [0.1, 0.15) is 53.0 Å². The minimum Gasteiger partial charge on any atom is -0.489 e. The summed E-state index contributed by atoms with van der Waals surface area (Å²) in [6, 6.07) is 5.93. The number of carbonyl (C=O) groups is 1. The number of benzene rings is 1. The summed E-state index contributed by atoms with van der Waals surface area (Å²) in [6.45, 7) is 10.6. The number of hydrogen-bond acceptors (Lipinski definition) is 3. The smallest absolute Gasteiger partial charge is 0.223 e. The molecule has 22 heavy (non-hydrogen) atoms. The number of nitrogens with one attached hydrogen (secondary N) is 1. The van der Waals surface area contributed by atoms with Crippen molar-refractivity contribution in [3.05, 3.63) is 23.8 Å². The summed E-state index contributed by atoms with van der Waals surface area (Å²) in [4.78, 5) is 11.9. The van der Waals surface area contributed by atoms with E-state index in [1.54, 1.807) is 0 Å². The fraction of sp³-hybridized carbons (Fsp3) is 0.611. The third kappa shape index (κ3) is 4.15. The molecule has 0 saturated carbocycles. The Kier molecular flexibility index (Phi) is 4.69. The molecule has 4 nitrogen and oxygen atoms in total. The molecule has 0 aromatic heterocycles. The number of carbonyl (C=O) groups excluding carboxylic acids is 1. The lowest BCUT2D eigenvalue weighted by atomic mass is 10.0. The molecule has 1 N–H and O–H groups in total. The van der Waals surface area contributed by atoms with Gasteiger partial charge < -0.3 is 14.8 Å². The van der Waals surface area contributed by atoms with Crippen molar-refractivity contribution >= 4 is 5.91 Å². The lowest BCUT2D eigenvalue weighted by molar-refractivity contribution is -0.123. The van der Waals surface area contributed by atoms with Crippen LogP contribution in [0.5, 0.6) is 11.5 Å². The maximum absolute atomic E-state index is 11.9. The number of amides is 1. The summed E-state index contributed by atoms with van der Waals surface area (Å²) in [6.07, 6.45) is 2.12. The van der Waals surface area contributed by atoms with E-state index in [0.717, 1.165) is 24.3 Å². The van der Waals surface area contributed by atoms with Crippen molar-refractivity contribution in [2.45, 2.75) is 65.0 Å². The van der Waals surface area contributed by atoms with Gasteiger partial charge in [0.2, 0.25) is 5.91 Å². The molecule has 4 heteroatoms. The second-order valence-corrected chi connectivity index (χ2v) is 7.17. The standard InChI is InChI=1S/C18H27NO3/c1-6-17(2,3)19-15(20)10-11-21-14-9-7-8-13-12-18(4,5)22-16(13)14/h7-9H,6,10-12H2,1-5H3,(H,19,20). The van der Waals surface area contributed by atoms with Gasteiger partial charge in [-0.05, 0) is 40.2 Å². The highest BCUT2D eigenvalue weighted by Crippen LogP contribution is 2.41. The second kappa shape index (κ2) is 6.19. The van der Waals surface area contributed by atoms with Crippen LogP contribution in [0.2, 0.25) is 0 Å². The number of fused-ring (bicyclic) bond motifs is 1. The molecule has 0 bridgehead atoms. The highest BCUT2D eigenvalue weighted by Gasteiger charge is 2.32. The molecule has 1 aliphatic rings. The first-order valence-corrected chi connectivity index (χ1v) is 7.97. The predicted octanol–water partition coefficient (Wildman–Crippen LogP) is 3.47. The lowest BCUT2D eigenvalue weighted by Crippen LogP contribution is -2.43. The van der Waals surface area contributed by atoms with E-state index in [-0.39, 0.29) is 17.0 Å². The topological polar surface area (TPSA) is 47.6 Å². The first-order chi connectivity index (χ1) is 10.2. The van der Waals surface area contributed by atoms with Gasteiger partial charge >= 0.3 is 0 Å². The van der Waals surface area contributed by atoms with Gasteiger partial charge in [-0.25, -0.2) is 0 Å². The van der Waals surface area contributed by atoms with Crippen molar-refractivity contribution in [2.75, 3.05) is 6.61 Å². The van der Waals surface area contributed by atoms with E-state index in [9.17, 15) is 4.79 Å². The van der Waals surface area contributed by atoms with Crippen LogP contribution < -0.4 is 14.8 Å². The minimum atomic E-state index is -0.190. The van der Waals surface area contributed by atoms with Crippen molar-refractivity contribution in [3.8, 4) is 11.5 Å². The zero-order valence-corrected chi connectivity index (χ0v) is 14.3. The number of para-hydroxylation sites is 1. The van der Waals surface area contributed by atoms with E-state index in [0.29, 0.717) is 13.0 Å². The van der Waals surface area contributed by atoms with Crippen LogP contribution in [-0.4, -0.2) is 23.7 Å². The number of rotatable bonds is 6. The van der Waals surface area contributed by atoms with Crippen LogP contribution in [0.4, 0.5) is 0 Å². The van der Waals surface area contributed by atoms with Crippen LogP contribution in [-0.2, 0) is 11.2 Å². The molecule has 0 radical (unpaired) electrons. The molecule has 2 rings (SSSR count). The summed E-state index contributed by atoms with van der Waals surface area (Å²) >= 11 is 0. The lowest BCUT2D eigenvalue weighted by Gasteiger charge is -2.24. The zero-order chi connectivity index (χ0) is 16.4. The van der Waals surface area contributed by atoms with Gasteiger partial charge in [-0.15, -0.1) is 0 Å². The molecule has 0 unspecified atom stereocenters. The molecule has 1 aromatic carbocycles. The molecule has 1 aliphatic heterocycles. The van der Waals surface area contributed by atoms with E-state index in [4.69, 9.17) is 9.47 Å². The van der Waals surface area contributed by atoms with Gasteiger partial charge in [0.05, 0.1) is 13.0 Å². The Morgan fingerprint density at radius 3 is 2.82 bits per heavy atom. The highest BCUT2D eigenvalue weighted by molar-refractivity contribution is 5.76. The largest absolute Gasteiger partial charge is 0.489 e. The van der Waals surface area contributed by atoms with E-state index in [1.165, 1.54) is 5.56 Å². The summed E-state index contributed by atoms with van der Waals surface area (Å²) < 4.78 is 11.7. The fourth-order valence-corrected chi connectivity index (χ4v) is 2.48. The summed E-state index contributed by atoms with van der Waals surface area (Å²) in [5.74, 6) is 1.56. The minimum absolute atomic E-state index is 0.0145. The van der Waals surface area contributed by atoms with Crippen LogP contribution >= 0.6 is 0 Å².